The summed E-state index contributed by atoms with van der Waals surface area (Å²) in [6.45, 7) is 2.55. The topological polar surface area (TPSA) is 59.9 Å². The molecule has 1 N–H and O–H groups in total. The highest BCUT2D eigenvalue weighted by molar-refractivity contribution is 7.20. The minimum Gasteiger partial charge on any atom is -0.429 e. The highest BCUT2D eigenvalue weighted by Crippen LogP contribution is 2.35. The lowest BCUT2D eigenvalue weighted by molar-refractivity contribution is 0.480. The van der Waals surface area contributed by atoms with Gasteiger partial charge in [-0.1, -0.05) is 46.4 Å². The van der Waals surface area contributed by atoms with Crippen LogP contribution >= 0.6 is 34.3 Å². The Morgan fingerprint density at radius 1 is 1.12 bits per heavy atom. The van der Waals surface area contributed by atoms with Gasteiger partial charge in [-0.2, -0.15) is 0 Å². The van der Waals surface area contributed by atoms with E-state index in [1.807, 2.05) is 49.4 Å². The van der Waals surface area contributed by atoms with Gasteiger partial charge < -0.3 is 10.1 Å². The molecule has 4 aromatic rings. The SMILES string of the molecule is Cc1nnc(CNc2ccc(Oc3nc4ccccc4s3)c(Cl)c2)s1. The summed E-state index contributed by atoms with van der Waals surface area (Å²) in [7, 11) is 0. The van der Waals surface area contributed by atoms with E-state index in [9.17, 15) is 0 Å². The van der Waals surface area contributed by atoms with Crippen LogP contribution in [0.25, 0.3) is 10.2 Å². The first-order chi connectivity index (χ1) is 12.2. The van der Waals surface area contributed by atoms with Gasteiger partial charge in [0.25, 0.3) is 5.19 Å². The second-order valence-electron chi connectivity index (χ2n) is 5.26. The van der Waals surface area contributed by atoms with Crippen molar-refractivity contribution in [3.63, 3.8) is 0 Å². The van der Waals surface area contributed by atoms with E-state index in [4.69, 9.17) is 16.3 Å². The third-order valence-electron chi connectivity index (χ3n) is 3.42. The van der Waals surface area contributed by atoms with Gasteiger partial charge in [0.05, 0.1) is 21.8 Å². The number of nitrogens with one attached hydrogen (secondary N) is 1. The van der Waals surface area contributed by atoms with E-state index in [0.29, 0.717) is 22.5 Å². The fourth-order valence-electron chi connectivity index (χ4n) is 2.27. The van der Waals surface area contributed by atoms with Crippen molar-refractivity contribution < 1.29 is 4.74 Å². The van der Waals surface area contributed by atoms with E-state index < -0.39 is 0 Å². The Labute approximate surface area is 157 Å². The van der Waals surface area contributed by atoms with Gasteiger partial charge in [0, 0.05) is 5.69 Å². The number of hydrogen-bond donors (Lipinski definition) is 1. The van der Waals surface area contributed by atoms with E-state index >= 15 is 0 Å². The van der Waals surface area contributed by atoms with Gasteiger partial charge in [-0.25, -0.2) is 4.98 Å². The monoisotopic (exact) mass is 388 g/mol. The van der Waals surface area contributed by atoms with Crippen LogP contribution in [0, 0.1) is 6.92 Å². The van der Waals surface area contributed by atoms with E-state index in [1.54, 1.807) is 11.3 Å². The molecule has 0 bridgehead atoms. The maximum atomic E-state index is 6.35. The van der Waals surface area contributed by atoms with Crippen molar-refractivity contribution in [1.82, 2.24) is 15.2 Å². The van der Waals surface area contributed by atoms with Crippen LogP contribution in [0.4, 0.5) is 5.69 Å². The number of thiazole rings is 1. The van der Waals surface area contributed by atoms with Crippen LogP contribution in [0.1, 0.15) is 10.0 Å². The number of aryl methyl sites for hydroxylation is 1. The Morgan fingerprint density at radius 3 is 2.76 bits per heavy atom. The summed E-state index contributed by atoms with van der Waals surface area (Å²) in [6, 6.07) is 13.5. The number of halogens is 1. The lowest BCUT2D eigenvalue weighted by Crippen LogP contribution is -1.99. The lowest BCUT2D eigenvalue weighted by Gasteiger charge is -2.08. The fourth-order valence-corrected chi connectivity index (χ4v) is 3.97. The highest BCUT2D eigenvalue weighted by Gasteiger charge is 2.09. The zero-order valence-corrected chi connectivity index (χ0v) is 15.6. The van der Waals surface area contributed by atoms with Crippen LogP contribution in [0.3, 0.4) is 0 Å². The smallest absolute Gasteiger partial charge is 0.279 e. The summed E-state index contributed by atoms with van der Waals surface area (Å²) in [5, 5.41) is 14.4. The minimum atomic E-state index is 0.526. The first-order valence-corrected chi connectivity index (χ1v) is 9.54. The summed E-state index contributed by atoms with van der Waals surface area (Å²) >= 11 is 9.41. The first kappa shape index (κ1) is 16.3. The average molecular weight is 389 g/mol. The minimum absolute atomic E-state index is 0.526. The predicted octanol–water partition coefficient (Wildman–Crippen LogP) is 5.51. The quantitative estimate of drug-likeness (QED) is 0.488. The van der Waals surface area contributed by atoms with Crippen LogP contribution in [-0.2, 0) is 6.54 Å². The molecule has 126 valence electrons. The average Bonchev–Trinajstić information content (AvgIpc) is 3.20. The highest BCUT2D eigenvalue weighted by atomic mass is 35.5. The fraction of sp³-hybridized carbons (Fsp3) is 0.118. The molecule has 0 aliphatic heterocycles. The Bertz CT molecular complexity index is 997. The molecule has 0 atom stereocenters. The van der Waals surface area contributed by atoms with Crippen molar-refractivity contribution in [2.75, 3.05) is 5.32 Å². The van der Waals surface area contributed by atoms with Gasteiger partial charge in [0.15, 0.2) is 0 Å². The molecule has 4 rings (SSSR count). The lowest BCUT2D eigenvalue weighted by atomic mass is 10.3. The number of benzene rings is 2. The molecule has 0 amide bonds. The summed E-state index contributed by atoms with van der Waals surface area (Å²) in [5.74, 6) is 0.582. The number of nitrogens with zero attached hydrogens (tertiary/aromatic N) is 3. The van der Waals surface area contributed by atoms with Crippen LogP contribution in [0.15, 0.2) is 42.5 Å². The van der Waals surface area contributed by atoms with Crippen LogP contribution in [0.2, 0.25) is 5.02 Å². The number of ether oxygens (including phenoxy) is 1. The van der Waals surface area contributed by atoms with E-state index in [-0.39, 0.29) is 0 Å². The Balaban J connectivity index is 1.47. The largest absolute Gasteiger partial charge is 0.429 e. The van der Waals surface area contributed by atoms with Crippen LogP contribution in [0.5, 0.6) is 10.9 Å². The molecule has 0 aliphatic rings. The maximum Gasteiger partial charge on any atom is 0.279 e. The van der Waals surface area contributed by atoms with Crippen LogP contribution < -0.4 is 10.1 Å². The van der Waals surface area contributed by atoms with Gasteiger partial charge >= 0.3 is 0 Å². The standard InChI is InChI=1S/C17H13ClN4OS2/c1-10-21-22-16(24-10)9-19-11-6-7-14(12(18)8-11)23-17-20-13-4-2-3-5-15(13)25-17/h2-8,19H,9H2,1H3. The van der Waals surface area contributed by atoms with E-state index in [2.05, 4.69) is 20.5 Å². The molecule has 0 fully saturated rings. The van der Waals surface area contributed by atoms with Crippen molar-refractivity contribution in [1.29, 1.82) is 0 Å². The summed E-state index contributed by atoms with van der Waals surface area (Å²) in [4.78, 5) is 4.46. The number of rotatable bonds is 5. The number of aromatic nitrogens is 3. The molecule has 8 heteroatoms. The van der Waals surface area contributed by atoms with Gasteiger partial charge in [0.1, 0.15) is 15.8 Å². The van der Waals surface area contributed by atoms with Gasteiger partial charge in [0.2, 0.25) is 0 Å². The van der Waals surface area contributed by atoms with Crippen molar-refractivity contribution in [2.45, 2.75) is 13.5 Å². The van der Waals surface area contributed by atoms with Crippen molar-refractivity contribution in [3.8, 4) is 10.9 Å². The van der Waals surface area contributed by atoms with E-state index in [0.717, 1.165) is 25.9 Å². The molecule has 0 saturated heterocycles. The summed E-state index contributed by atoms with van der Waals surface area (Å²) in [5.41, 5.74) is 1.82. The molecule has 0 radical (unpaired) electrons. The number of anilines is 1. The van der Waals surface area contributed by atoms with Gasteiger partial charge in [-0.05, 0) is 37.3 Å². The Hall–Kier alpha value is -2.22. The van der Waals surface area contributed by atoms with Crippen molar-refractivity contribution in [3.05, 3.63) is 57.5 Å². The summed E-state index contributed by atoms with van der Waals surface area (Å²) < 4.78 is 6.93. The molecule has 5 nitrogen and oxygen atoms in total. The van der Waals surface area contributed by atoms with E-state index in [1.165, 1.54) is 11.3 Å². The molecule has 0 unspecified atom stereocenters. The normalized spacial score (nSPS) is 11.0. The molecular weight excluding hydrogens is 376 g/mol. The van der Waals surface area contributed by atoms with Gasteiger partial charge in [-0.3, -0.25) is 0 Å². The summed E-state index contributed by atoms with van der Waals surface area (Å²) in [6.07, 6.45) is 0. The molecule has 0 spiro atoms. The molecule has 2 aromatic heterocycles. The molecular formula is C17H13ClN4OS2. The molecule has 2 heterocycles. The number of hydrogen-bond acceptors (Lipinski definition) is 7. The predicted molar refractivity (Wildman–Crippen MR) is 103 cm³/mol. The molecule has 2 aromatic carbocycles. The zero-order chi connectivity index (χ0) is 17.2. The third kappa shape index (κ3) is 3.73. The van der Waals surface area contributed by atoms with Crippen molar-refractivity contribution in [2.24, 2.45) is 0 Å². The Kier molecular flexibility index (Phi) is 4.52. The first-order valence-electron chi connectivity index (χ1n) is 7.53. The molecule has 25 heavy (non-hydrogen) atoms. The molecule has 0 aliphatic carbocycles. The molecule has 0 saturated carbocycles. The zero-order valence-electron chi connectivity index (χ0n) is 13.2. The Morgan fingerprint density at radius 2 is 2.00 bits per heavy atom. The van der Waals surface area contributed by atoms with Crippen LogP contribution in [-0.4, -0.2) is 15.2 Å². The second kappa shape index (κ2) is 6.95. The second-order valence-corrected chi connectivity index (χ2v) is 7.93. The number of para-hydroxylation sites is 1. The third-order valence-corrected chi connectivity index (χ3v) is 5.46. The van der Waals surface area contributed by atoms with Crippen molar-refractivity contribution >= 4 is 50.2 Å². The van der Waals surface area contributed by atoms with Gasteiger partial charge in [-0.15, -0.1) is 10.2 Å². The maximum absolute atomic E-state index is 6.35. The number of fused-ring (bicyclic) bond motifs is 1.